The Bertz CT molecular complexity index is 1040. The zero-order chi connectivity index (χ0) is 20.3. The predicted molar refractivity (Wildman–Crippen MR) is 102 cm³/mol. The van der Waals surface area contributed by atoms with E-state index in [1.807, 2.05) is 10.8 Å². The highest BCUT2D eigenvalue weighted by Gasteiger charge is 2.38. The fourth-order valence-electron chi connectivity index (χ4n) is 2.41. The van der Waals surface area contributed by atoms with Gasteiger partial charge in [0.25, 0.3) is 5.91 Å². The molecule has 0 aromatic heterocycles. The summed E-state index contributed by atoms with van der Waals surface area (Å²) in [7, 11) is -4.34. The number of carbonyl (C=O) groups is 2. The molecule has 1 aliphatic rings. The van der Waals surface area contributed by atoms with Crippen LogP contribution in [0.5, 0.6) is 0 Å². The Hall–Kier alpha value is -2.72. The van der Waals surface area contributed by atoms with E-state index in [1.54, 1.807) is 24.3 Å². The van der Waals surface area contributed by atoms with E-state index in [4.69, 9.17) is 4.74 Å². The lowest BCUT2D eigenvalue weighted by atomic mass is 10.1. The molecule has 0 spiro atoms. The van der Waals surface area contributed by atoms with Crippen LogP contribution in [-0.2, 0) is 26.3 Å². The van der Waals surface area contributed by atoms with Gasteiger partial charge in [-0.25, -0.2) is 13.4 Å². The lowest BCUT2D eigenvalue weighted by Gasteiger charge is -2.30. The second-order valence-electron chi connectivity index (χ2n) is 5.77. The van der Waals surface area contributed by atoms with Crippen molar-refractivity contribution in [2.24, 2.45) is 0 Å². The molecule has 2 aromatic rings. The molecule has 1 amide bonds. The van der Waals surface area contributed by atoms with Gasteiger partial charge in [-0.3, -0.25) is 9.59 Å². The summed E-state index contributed by atoms with van der Waals surface area (Å²) in [6.45, 7) is -0.650. The first-order chi connectivity index (χ1) is 13.3. The van der Waals surface area contributed by atoms with Gasteiger partial charge in [-0.05, 0) is 45.8 Å². The summed E-state index contributed by atoms with van der Waals surface area (Å²) in [5.41, 5.74) is 0.857. The van der Waals surface area contributed by atoms with Crippen LogP contribution in [0, 0.1) is 5.82 Å². The molecule has 0 radical (unpaired) electrons. The van der Waals surface area contributed by atoms with Crippen LogP contribution < -0.4 is 4.72 Å². The van der Waals surface area contributed by atoms with Crippen LogP contribution in [0.4, 0.5) is 4.39 Å². The van der Waals surface area contributed by atoms with Gasteiger partial charge in [0.2, 0.25) is 5.88 Å². The lowest BCUT2D eigenvalue weighted by molar-refractivity contribution is -0.115. The number of carbonyl (C=O) groups excluding carboxylic acids is 2. The maximum atomic E-state index is 13.1. The minimum Gasteiger partial charge on any atom is -0.473 e. The number of nitrogens with zero attached hydrogens (tertiary/aromatic N) is 1. The lowest BCUT2D eigenvalue weighted by Crippen LogP contribution is -2.50. The fraction of sp³-hybridized carbons (Fsp3) is 0.111. The zero-order valence-electron chi connectivity index (χ0n) is 14.3. The maximum Gasteiger partial charge on any atom is 0.329 e. The number of rotatable bonds is 6. The average Bonchev–Trinajstić information content (AvgIpc) is 2.66. The summed E-state index contributed by atoms with van der Waals surface area (Å²) in [5.74, 6) is -2.33. The Morgan fingerprint density at radius 1 is 1.11 bits per heavy atom. The Labute approximate surface area is 169 Å². The summed E-state index contributed by atoms with van der Waals surface area (Å²) in [4.78, 5) is 24.4. The Balaban J connectivity index is 1.88. The van der Waals surface area contributed by atoms with Crippen LogP contribution >= 0.6 is 15.9 Å². The molecular formula is C18H14BrFN2O5S. The molecule has 7 nitrogen and oxygen atoms in total. The second kappa shape index (κ2) is 8.11. The summed E-state index contributed by atoms with van der Waals surface area (Å²) < 4.78 is 45.8. The van der Waals surface area contributed by atoms with Crippen LogP contribution in [0.3, 0.4) is 0 Å². The molecule has 1 N–H and O–H groups in total. The number of nitrogens with one attached hydrogen (secondary N) is 1. The summed E-state index contributed by atoms with van der Waals surface area (Å²) in [6, 6.07) is 13.6. The van der Waals surface area contributed by atoms with E-state index in [0.29, 0.717) is 4.31 Å². The van der Waals surface area contributed by atoms with Crippen LogP contribution in [0.15, 0.2) is 65.0 Å². The number of hydrogen-bond donors (Lipinski definition) is 1. The van der Waals surface area contributed by atoms with Gasteiger partial charge in [0, 0.05) is 5.56 Å². The van der Waals surface area contributed by atoms with E-state index >= 15 is 0 Å². The van der Waals surface area contributed by atoms with Crippen molar-refractivity contribution in [1.29, 1.82) is 0 Å². The molecule has 0 saturated heterocycles. The summed E-state index contributed by atoms with van der Waals surface area (Å²) in [5, 5.41) is 0. The van der Waals surface area contributed by atoms with E-state index in [0.717, 1.165) is 17.7 Å². The van der Waals surface area contributed by atoms with Crippen molar-refractivity contribution in [3.8, 4) is 0 Å². The quantitative estimate of drug-likeness (QED) is 0.657. The molecule has 0 aliphatic carbocycles. The molecule has 3 rings (SSSR count). The predicted octanol–water partition coefficient (Wildman–Crippen LogP) is 2.47. The van der Waals surface area contributed by atoms with E-state index in [1.165, 1.54) is 12.1 Å². The highest BCUT2D eigenvalue weighted by molar-refractivity contribution is 9.12. The van der Waals surface area contributed by atoms with Crippen molar-refractivity contribution in [2.45, 2.75) is 6.61 Å². The van der Waals surface area contributed by atoms with Crippen molar-refractivity contribution in [3.05, 3.63) is 81.9 Å². The minimum absolute atomic E-state index is 0.0185. The number of Topliss-reactive ketones (excluding diaryl/α,β-unsaturated/α-hetero) is 1. The first-order valence-electron chi connectivity index (χ1n) is 7.98. The van der Waals surface area contributed by atoms with Gasteiger partial charge in [0.05, 0.1) is 0 Å². The first-order valence-corrected chi connectivity index (χ1v) is 10.2. The van der Waals surface area contributed by atoms with Crippen molar-refractivity contribution in [1.82, 2.24) is 9.03 Å². The molecule has 0 atom stereocenters. The Kier molecular flexibility index (Phi) is 5.80. The van der Waals surface area contributed by atoms with Gasteiger partial charge in [-0.1, -0.05) is 30.3 Å². The highest BCUT2D eigenvalue weighted by Crippen LogP contribution is 2.26. The van der Waals surface area contributed by atoms with Gasteiger partial charge < -0.3 is 4.74 Å². The number of amides is 1. The number of ether oxygens (including phenoxy) is 1. The SMILES string of the molecule is O=C1NS(=O)(=O)N(CC(=O)c2ccc(F)cc2)C(OCc2ccccc2)=C1Br. The number of halogens is 2. The van der Waals surface area contributed by atoms with E-state index in [-0.39, 0.29) is 22.5 Å². The molecule has 1 heterocycles. The third kappa shape index (κ3) is 4.39. The first kappa shape index (κ1) is 20.0. The standard InChI is InChI=1S/C18H14BrFN2O5S/c19-16-17(24)21-28(25,26)22(10-15(23)13-6-8-14(20)9-7-13)18(16)27-11-12-4-2-1-3-5-12/h1-9H,10-11H2,(H,21,24). The third-order valence-corrected chi connectivity index (χ3v) is 5.82. The fourth-order valence-corrected chi connectivity index (χ4v) is 4.18. The van der Waals surface area contributed by atoms with Crippen LogP contribution in [0.2, 0.25) is 0 Å². The molecule has 146 valence electrons. The largest absolute Gasteiger partial charge is 0.473 e. The number of hydrogen-bond acceptors (Lipinski definition) is 5. The molecule has 10 heteroatoms. The monoisotopic (exact) mass is 468 g/mol. The normalized spacial score (nSPS) is 15.9. The zero-order valence-corrected chi connectivity index (χ0v) is 16.7. The summed E-state index contributed by atoms with van der Waals surface area (Å²) in [6.07, 6.45) is 0. The topological polar surface area (TPSA) is 92.8 Å². The molecule has 2 aromatic carbocycles. The number of benzene rings is 2. The number of ketones is 1. The van der Waals surface area contributed by atoms with Gasteiger partial charge >= 0.3 is 10.2 Å². The molecule has 1 aliphatic heterocycles. The van der Waals surface area contributed by atoms with Crippen LogP contribution in [0.1, 0.15) is 15.9 Å². The van der Waals surface area contributed by atoms with E-state index in [9.17, 15) is 22.4 Å². The van der Waals surface area contributed by atoms with Gasteiger partial charge in [-0.2, -0.15) is 8.42 Å². The maximum absolute atomic E-state index is 13.1. The molecule has 0 unspecified atom stereocenters. The van der Waals surface area contributed by atoms with Crippen LogP contribution in [-0.4, -0.2) is 31.0 Å². The van der Waals surface area contributed by atoms with Crippen molar-refractivity contribution in [2.75, 3.05) is 6.54 Å². The Morgan fingerprint density at radius 2 is 1.75 bits per heavy atom. The van der Waals surface area contributed by atoms with Crippen molar-refractivity contribution < 1.29 is 27.1 Å². The molecule has 0 saturated carbocycles. The Morgan fingerprint density at radius 3 is 2.39 bits per heavy atom. The second-order valence-corrected chi connectivity index (χ2v) is 8.15. The average molecular weight is 469 g/mol. The highest BCUT2D eigenvalue weighted by atomic mass is 79.9. The van der Waals surface area contributed by atoms with Gasteiger partial charge in [-0.15, -0.1) is 0 Å². The van der Waals surface area contributed by atoms with Crippen LogP contribution in [0.25, 0.3) is 0 Å². The van der Waals surface area contributed by atoms with Gasteiger partial charge in [0.15, 0.2) is 5.78 Å². The molecule has 28 heavy (non-hydrogen) atoms. The van der Waals surface area contributed by atoms with E-state index in [2.05, 4.69) is 15.9 Å². The van der Waals surface area contributed by atoms with E-state index < -0.39 is 34.3 Å². The van der Waals surface area contributed by atoms with Crippen molar-refractivity contribution in [3.63, 3.8) is 0 Å². The summed E-state index contributed by atoms with van der Waals surface area (Å²) >= 11 is 3.02. The third-order valence-electron chi connectivity index (χ3n) is 3.80. The minimum atomic E-state index is -4.34. The molecular weight excluding hydrogens is 455 g/mol. The molecule has 0 bridgehead atoms. The molecule has 0 fully saturated rings. The smallest absolute Gasteiger partial charge is 0.329 e. The van der Waals surface area contributed by atoms with Gasteiger partial charge in [0.1, 0.15) is 23.5 Å². The van der Waals surface area contributed by atoms with Crippen molar-refractivity contribution >= 4 is 37.8 Å².